The summed E-state index contributed by atoms with van der Waals surface area (Å²) in [4.78, 5) is 34.0. The highest BCUT2D eigenvalue weighted by Crippen LogP contribution is 2.34. The van der Waals surface area contributed by atoms with E-state index in [2.05, 4.69) is 29.7 Å². The number of ether oxygens (including phenoxy) is 4. The highest BCUT2D eigenvalue weighted by atomic mass is 32.2. The summed E-state index contributed by atoms with van der Waals surface area (Å²) in [6.07, 6.45) is 1.61. The van der Waals surface area contributed by atoms with Gasteiger partial charge in [0.1, 0.15) is 23.2 Å². The Kier molecular flexibility index (Phi) is 11.4. The Morgan fingerprint density at radius 3 is 1.70 bits per heavy atom. The molecule has 0 radical (unpaired) electrons. The third kappa shape index (κ3) is 7.55. The van der Waals surface area contributed by atoms with E-state index < -0.39 is 0 Å². The SMILES string of the molecule is COCCN(CCOC)c1nc(N2CCn3ncnc3C2)c2nc(N(CCOC)CCOC)nc(N3CCSCC3)c2n1. The van der Waals surface area contributed by atoms with Gasteiger partial charge in [-0.15, -0.1) is 0 Å². The first-order valence-electron chi connectivity index (χ1n) is 14.7. The summed E-state index contributed by atoms with van der Waals surface area (Å²) < 4.78 is 23.7. The number of rotatable bonds is 16. The molecule has 3 aromatic heterocycles. The minimum absolute atomic E-state index is 0.535. The Morgan fingerprint density at radius 1 is 0.674 bits per heavy atom. The quantitative estimate of drug-likeness (QED) is 0.224. The molecule has 0 unspecified atom stereocenters. The molecule has 0 amide bonds. The van der Waals surface area contributed by atoms with E-state index in [1.54, 1.807) is 34.8 Å². The number of anilines is 4. The number of fused-ring (bicyclic) bond motifs is 2. The molecule has 43 heavy (non-hydrogen) atoms. The van der Waals surface area contributed by atoms with Crippen LogP contribution in [0.15, 0.2) is 6.33 Å². The maximum atomic E-state index is 5.44. The lowest BCUT2D eigenvalue weighted by Crippen LogP contribution is -2.38. The normalized spacial score (nSPS) is 15.3. The monoisotopic (exact) mass is 617 g/mol. The van der Waals surface area contributed by atoms with Gasteiger partial charge in [-0.2, -0.15) is 26.8 Å². The minimum atomic E-state index is 0.535. The van der Waals surface area contributed by atoms with Crippen LogP contribution < -0.4 is 19.6 Å². The molecule has 0 atom stereocenters. The molecule has 16 heteroatoms. The van der Waals surface area contributed by atoms with E-state index in [4.69, 9.17) is 38.9 Å². The highest BCUT2D eigenvalue weighted by molar-refractivity contribution is 7.99. The minimum Gasteiger partial charge on any atom is -0.383 e. The van der Waals surface area contributed by atoms with Crippen molar-refractivity contribution in [3.63, 3.8) is 0 Å². The van der Waals surface area contributed by atoms with Gasteiger partial charge in [-0.25, -0.2) is 19.6 Å². The number of thioether (sulfide) groups is 1. The van der Waals surface area contributed by atoms with Crippen molar-refractivity contribution >= 4 is 46.3 Å². The molecule has 0 spiro atoms. The van der Waals surface area contributed by atoms with Gasteiger partial charge in [0.25, 0.3) is 0 Å². The van der Waals surface area contributed by atoms with Crippen molar-refractivity contribution in [1.29, 1.82) is 0 Å². The molecule has 0 aliphatic carbocycles. The van der Waals surface area contributed by atoms with E-state index >= 15 is 0 Å². The first-order chi connectivity index (χ1) is 21.2. The molecule has 1 fully saturated rings. The molecular weight excluding hydrogens is 574 g/mol. The van der Waals surface area contributed by atoms with Crippen LogP contribution in [0.1, 0.15) is 5.82 Å². The summed E-state index contributed by atoms with van der Waals surface area (Å²) >= 11 is 1.96. The molecule has 0 saturated carbocycles. The summed E-state index contributed by atoms with van der Waals surface area (Å²) in [5.74, 6) is 5.73. The molecular formula is C27H43N11O4S. The predicted molar refractivity (Wildman–Crippen MR) is 168 cm³/mol. The Balaban J connectivity index is 1.69. The van der Waals surface area contributed by atoms with Crippen molar-refractivity contribution in [2.45, 2.75) is 13.1 Å². The lowest BCUT2D eigenvalue weighted by molar-refractivity contribution is 0.189. The predicted octanol–water partition coefficient (Wildman–Crippen LogP) is 0.783. The van der Waals surface area contributed by atoms with E-state index in [1.165, 1.54) is 0 Å². The highest BCUT2D eigenvalue weighted by Gasteiger charge is 2.28. The summed E-state index contributed by atoms with van der Waals surface area (Å²) in [6.45, 7) is 8.39. The van der Waals surface area contributed by atoms with Crippen LogP contribution in [0.3, 0.4) is 0 Å². The zero-order valence-electron chi connectivity index (χ0n) is 25.6. The summed E-state index contributed by atoms with van der Waals surface area (Å²) in [7, 11) is 6.81. The Bertz CT molecular complexity index is 1290. The molecule has 0 aromatic carbocycles. The van der Waals surface area contributed by atoms with E-state index in [0.29, 0.717) is 89.7 Å². The van der Waals surface area contributed by atoms with Gasteiger partial charge in [0.2, 0.25) is 11.9 Å². The second-order valence-electron chi connectivity index (χ2n) is 10.3. The van der Waals surface area contributed by atoms with Crippen molar-refractivity contribution < 1.29 is 18.9 Å². The molecule has 3 aromatic rings. The Labute approximate surface area is 256 Å². The van der Waals surface area contributed by atoms with Crippen LogP contribution >= 0.6 is 11.8 Å². The lowest BCUT2D eigenvalue weighted by atomic mass is 10.3. The molecule has 15 nitrogen and oxygen atoms in total. The molecule has 2 aliphatic heterocycles. The second kappa shape index (κ2) is 15.6. The molecule has 5 heterocycles. The number of methoxy groups -OCH3 is 4. The molecule has 1 saturated heterocycles. The van der Waals surface area contributed by atoms with Gasteiger partial charge in [-0.3, -0.25) is 0 Å². The molecule has 5 rings (SSSR count). The van der Waals surface area contributed by atoms with Gasteiger partial charge < -0.3 is 38.5 Å². The van der Waals surface area contributed by atoms with E-state index in [1.807, 2.05) is 16.4 Å². The average Bonchev–Trinajstić information content (AvgIpc) is 3.52. The first kappa shape index (κ1) is 31.4. The van der Waals surface area contributed by atoms with Gasteiger partial charge in [0, 0.05) is 85.8 Å². The standard InChI is InChI=1S/C27H43N11O4S/c1-39-13-7-35(8-14-40-2)26-31-23-22(24(32-26)34-11-17-43-18-12-34)30-27(36(9-15-41-3)10-16-42-4)33-25(23)37-5-6-38-21(19-37)28-20-29-38/h20H,5-19H2,1-4H3. The van der Waals surface area contributed by atoms with Crippen LogP contribution in [0.5, 0.6) is 0 Å². The fourth-order valence-corrected chi connectivity index (χ4v) is 6.04. The van der Waals surface area contributed by atoms with Crippen LogP contribution in [-0.4, -0.2) is 147 Å². The third-order valence-electron chi connectivity index (χ3n) is 7.53. The fourth-order valence-electron chi connectivity index (χ4n) is 5.13. The second-order valence-corrected chi connectivity index (χ2v) is 11.5. The topological polar surface area (TPSA) is 132 Å². The molecule has 0 bridgehead atoms. The van der Waals surface area contributed by atoms with E-state index in [9.17, 15) is 0 Å². The zero-order chi connectivity index (χ0) is 30.0. The van der Waals surface area contributed by atoms with Gasteiger partial charge in [-0.1, -0.05) is 0 Å². The third-order valence-corrected chi connectivity index (χ3v) is 8.47. The first-order valence-corrected chi connectivity index (χ1v) is 15.8. The number of hydrogen-bond donors (Lipinski definition) is 0. The number of nitrogens with zero attached hydrogens (tertiary/aromatic N) is 11. The maximum absolute atomic E-state index is 5.44. The van der Waals surface area contributed by atoms with Crippen molar-refractivity contribution in [2.24, 2.45) is 0 Å². The van der Waals surface area contributed by atoms with Crippen molar-refractivity contribution in [3.05, 3.63) is 12.2 Å². The lowest BCUT2D eigenvalue weighted by Gasteiger charge is -2.32. The fraction of sp³-hybridized carbons (Fsp3) is 0.704. The van der Waals surface area contributed by atoms with Crippen LogP contribution in [0.25, 0.3) is 11.0 Å². The zero-order valence-corrected chi connectivity index (χ0v) is 26.5. The van der Waals surface area contributed by atoms with Crippen LogP contribution in [0, 0.1) is 0 Å². The van der Waals surface area contributed by atoms with Crippen molar-refractivity contribution in [1.82, 2.24) is 34.7 Å². The van der Waals surface area contributed by atoms with E-state index in [-0.39, 0.29) is 0 Å². The number of hydrogen-bond acceptors (Lipinski definition) is 15. The summed E-state index contributed by atoms with van der Waals surface area (Å²) in [5, 5.41) is 4.38. The largest absolute Gasteiger partial charge is 0.383 e. The van der Waals surface area contributed by atoms with Gasteiger partial charge in [-0.05, 0) is 0 Å². The molecule has 0 N–H and O–H groups in total. The van der Waals surface area contributed by atoms with Crippen molar-refractivity contribution in [2.75, 3.05) is 132 Å². The Hall–Kier alpha value is -3.05. The van der Waals surface area contributed by atoms with Gasteiger partial charge in [0.15, 0.2) is 11.6 Å². The molecule has 2 aliphatic rings. The summed E-state index contributed by atoms with van der Waals surface area (Å²) in [6, 6.07) is 0. The van der Waals surface area contributed by atoms with Crippen molar-refractivity contribution in [3.8, 4) is 0 Å². The maximum Gasteiger partial charge on any atom is 0.228 e. The van der Waals surface area contributed by atoms with E-state index in [0.717, 1.165) is 47.6 Å². The van der Waals surface area contributed by atoms with Gasteiger partial charge >= 0.3 is 0 Å². The number of aromatic nitrogens is 7. The Morgan fingerprint density at radius 2 is 1.19 bits per heavy atom. The van der Waals surface area contributed by atoms with Gasteiger partial charge in [0.05, 0.1) is 39.5 Å². The summed E-state index contributed by atoms with van der Waals surface area (Å²) in [5.41, 5.74) is 1.45. The van der Waals surface area contributed by atoms with Crippen LogP contribution in [-0.2, 0) is 32.0 Å². The van der Waals surface area contributed by atoms with Crippen LogP contribution in [0.4, 0.5) is 23.5 Å². The molecule has 236 valence electrons. The smallest absolute Gasteiger partial charge is 0.228 e. The average molecular weight is 618 g/mol. The van der Waals surface area contributed by atoms with Crippen LogP contribution in [0.2, 0.25) is 0 Å².